The molecule has 10 nitrogen and oxygen atoms in total. The number of nitrogens with one attached hydrogen (secondary N) is 3. The number of hydrogen-bond acceptors (Lipinski definition) is 8. The zero-order valence-corrected chi connectivity index (χ0v) is 16.4. The molecule has 0 saturated carbocycles. The van der Waals surface area contributed by atoms with E-state index in [0.717, 1.165) is 11.4 Å². The highest BCUT2D eigenvalue weighted by molar-refractivity contribution is 5.93. The molecule has 3 N–H and O–H groups in total. The van der Waals surface area contributed by atoms with Crippen molar-refractivity contribution in [1.82, 2.24) is 30.3 Å². The number of ether oxygens (including phenoxy) is 1. The Hall–Kier alpha value is -3.69. The van der Waals surface area contributed by atoms with E-state index >= 15 is 0 Å². The highest BCUT2D eigenvalue weighted by Gasteiger charge is 2.18. The van der Waals surface area contributed by atoms with E-state index < -0.39 is 0 Å². The van der Waals surface area contributed by atoms with Crippen LogP contribution in [0.4, 0.5) is 17.5 Å². The number of hydrogen-bond donors (Lipinski definition) is 3. The van der Waals surface area contributed by atoms with Gasteiger partial charge in [0.1, 0.15) is 17.3 Å². The van der Waals surface area contributed by atoms with E-state index in [9.17, 15) is 4.79 Å². The van der Waals surface area contributed by atoms with Crippen LogP contribution in [-0.4, -0.2) is 52.1 Å². The number of methoxy groups -OCH3 is 1. The first kappa shape index (κ1) is 19.1. The van der Waals surface area contributed by atoms with Crippen LogP contribution >= 0.6 is 0 Å². The third kappa shape index (κ3) is 3.70. The fourth-order valence-electron chi connectivity index (χ4n) is 2.70. The summed E-state index contributed by atoms with van der Waals surface area (Å²) in [6.45, 7) is 3.67. The minimum absolute atomic E-state index is 0.253. The first-order valence-electron chi connectivity index (χ1n) is 8.60. The fraction of sp³-hybridized carbons (Fsp3) is 0.278. The predicted octanol–water partition coefficient (Wildman–Crippen LogP) is 1.83. The maximum Gasteiger partial charge on any atom is 0.273 e. The van der Waals surface area contributed by atoms with Gasteiger partial charge in [0, 0.05) is 31.5 Å². The SMILES string of the molecule is CNC(=O)c1nnn(-c2cc(Nc3nc(C)cc(NC)n3)ccc2OC)c1C. The van der Waals surface area contributed by atoms with Crippen molar-refractivity contribution in [2.75, 3.05) is 31.8 Å². The normalized spacial score (nSPS) is 10.5. The van der Waals surface area contributed by atoms with Gasteiger partial charge in [0.15, 0.2) is 5.69 Å². The van der Waals surface area contributed by atoms with Gasteiger partial charge in [-0.25, -0.2) is 9.67 Å². The topological polar surface area (TPSA) is 119 Å². The van der Waals surface area contributed by atoms with Gasteiger partial charge in [-0.3, -0.25) is 4.79 Å². The van der Waals surface area contributed by atoms with Crippen molar-refractivity contribution in [3.8, 4) is 11.4 Å². The van der Waals surface area contributed by atoms with Crippen LogP contribution < -0.4 is 20.7 Å². The van der Waals surface area contributed by atoms with Gasteiger partial charge in [-0.1, -0.05) is 5.21 Å². The van der Waals surface area contributed by atoms with Gasteiger partial charge in [0.25, 0.3) is 5.91 Å². The van der Waals surface area contributed by atoms with Gasteiger partial charge in [-0.2, -0.15) is 4.98 Å². The van der Waals surface area contributed by atoms with Crippen LogP contribution in [0.2, 0.25) is 0 Å². The van der Waals surface area contributed by atoms with E-state index in [2.05, 4.69) is 36.2 Å². The predicted molar refractivity (Wildman–Crippen MR) is 106 cm³/mol. The molecule has 0 spiro atoms. The van der Waals surface area contributed by atoms with E-state index in [4.69, 9.17) is 4.74 Å². The average molecular weight is 382 g/mol. The number of aryl methyl sites for hydroxylation is 1. The Bertz CT molecular complexity index is 1010. The summed E-state index contributed by atoms with van der Waals surface area (Å²) >= 11 is 0. The Morgan fingerprint density at radius 3 is 2.61 bits per heavy atom. The molecule has 28 heavy (non-hydrogen) atoms. The van der Waals surface area contributed by atoms with Crippen LogP contribution in [0.1, 0.15) is 21.9 Å². The number of amides is 1. The second-order valence-corrected chi connectivity index (χ2v) is 5.99. The molecule has 2 aromatic heterocycles. The Kier molecular flexibility index (Phi) is 5.39. The van der Waals surface area contributed by atoms with Gasteiger partial charge < -0.3 is 20.7 Å². The number of benzene rings is 1. The highest BCUT2D eigenvalue weighted by atomic mass is 16.5. The van der Waals surface area contributed by atoms with Crippen LogP contribution in [-0.2, 0) is 0 Å². The summed E-state index contributed by atoms with van der Waals surface area (Å²) < 4.78 is 7.01. The molecule has 0 radical (unpaired) electrons. The lowest BCUT2D eigenvalue weighted by Crippen LogP contribution is -2.19. The minimum atomic E-state index is -0.301. The fourth-order valence-corrected chi connectivity index (χ4v) is 2.70. The second kappa shape index (κ2) is 7.91. The van der Waals surface area contributed by atoms with Crippen molar-refractivity contribution in [3.05, 3.63) is 41.3 Å². The van der Waals surface area contributed by atoms with Crippen molar-refractivity contribution < 1.29 is 9.53 Å². The molecule has 2 heterocycles. The van der Waals surface area contributed by atoms with Gasteiger partial charge in [0.2, 0.25) is 5.95 Å². The van der Waals surface area contributed by atoms with E-state index in [1.807, 2.05) is 25.1 Å². The van der Waals surface area contributed by atoms with Crippen molar-refractivity contribution in [1.29, 1.82) is 0 Å². The summed E-state index contributed by atoms with van der Waals surface area (Å²) in [4.78, 5) is 20.7. The molecule has 0 aliphatic carbocycles. The summed E-state index contributed by atoms with van der Waals surface area (Å²) in [7, 11) is 4.92. The zero-order chi connectivity index (χ0) is 20.3. The molecule has 3 aromatic rings. The van der Waals surface area contributed by atoms with Gasteiger partial charge in [0.05, 0.1) is 12.8 Å². The van der Waals surface area contributed by atoms with Gasteiger partial charge in [-0.15, -0.1) is 5.10 Å². The molecular weight excluding hydrogens is 360 g/mol. The third-order valence-electron chi connectivity index (χ3n) is 4.11. The van der Waals surface area contributed by atoms with E-state index in [1.165, 1.54) is 0 Å². The van der Waals surface area contributed by atoms with E-state index in [-0.39, 0.29) is 11.6 Å². The molecule has 0 bridgehead atoms. The molecule has 1 aromatic carbocycles. The van der Waals surface area contributed by atoms with Crippen LogP contribution in [0, 0.1) is 13.8 Å². The first-order chi connectivity index (χ1) is 13.5. The molecule has 0 atom stereocenters. The summed E-state index contributed by atoms with van der Waals surface area (Å²) in [6, 6.07) is 7.33. The Balaban J connectivity index is 2.01. The van der Waals surface area contributed by atoms with Crippen LogP contribution in [0.15, 0.2) is 24.3 Å². The van der Waals surface area contributed by atoms with Crippen molar-refractivity contribution >= 4 is 23.4 Å². The molecule has 1 amide bonds. The Morgan fingerprint density at radius 2 is 1.93 bits per heavy atom. The number of anilines is 3. The van der Waals surface area contributed by atoms with Crippen molar-refractivity contribution in [3.63, 3.8) is 0 Å². The van der Waals surface area contributed by atoms with Crippen LogP contribution in [0.3, 0.4) is 0 Å². The molecular formula is C18H22N8O2. The molecule has 0 saturated heterocycles. The standard InChI is InChI=1S/C18H22N8O2/c1-10-8-15(19-3)23-18(21-10)22-12-6-7-14(28-5)13(9-12)26-11(2)16(24-25-26)17(27)20-4/h6-9H,1-5H3,(H,20,27)(H2,19,21,22,23). The smallest absolute Gasteiger partial charge is 0.273 e. The summed E-state index contributed by atoms with van der Waals surface area (Å²) in [5.41, 5.74) is 3.05. The lowest BCUT2D eigenvalue weighted by Gasteiger charge is -2.13. The minimum Gasteiger partial charge on any atom is -0.494 e. The monoisotopic (exact) mass is 382 g/mol. The van der Waals surface area contributed by atoms with Crippen LogP contribution in [0.5, 0.6) is 5.75 Å². The molecule has 10 heteroatoms. The molecule has 3 rings (SSSR count). The molecule has 146 valence electrons. The van der Waals surface area contributed by atoms with E-state index in [0.29, 0.717) is 28.9 Å². The Morgan fingerprint density at radius 1 is 1.14 bits per heavy atom. The van der Waals surface area contributed by atoms with Crippen LogP contribution in [0.25, 0.3) is 5.69 Å². The lowest BCUT2D eigenvalue weighted by atomic mass is 10.2. The van der Waals surface area contributed by atoms with Gasteiger partial charge in [-0.05, 0) is 32.0 Å². The zero-order valence-electron chi connectivity index (χ0n) is 16.4. The molecule has 0 aliphatic rings. The molecule has 0 fully saturated rings. The number of nitrogens with zero attached hydrogens (tertiary/aromatic N) is 5. The highest BCUT2D eigenvalue weighted by Crippen LogP contribution is 2.28. The largest absolute Gasteiger partial charge is 0.494 e. The number of carbonyl (C=O) groups excluding carboxylic acids is 1. The maximum absolute atomic E-state index is 11.9. The number of aromatic nitrogens is 5. The van der Waals surface area contributed by atoms with Gasteiger partial charge >= 0.3 is 0 Å². The van der Waals surface area contributed by atoms with E-state index in [1.54, 1.807) is 38.9 Å². The second-order valence-electron chi connectivity index (χ2n) is 5.99. The number of rotatable bonds is 6. The lowest BCUT2D eigenvalue weighted by molar-refractivity contribution is 0.0957. The maximum atomic E-state index is 11.9. The van der Waals surface area contributed by atoms with Crippen molar-refractivity contribution in [2.45, 2.75) is 13.8 Å². The average Bonchev–Trinajstić information content (AvgIpc) is 3.08. The summed E-state index contributed by atoms with van der Waals surface area (Å²) in [6.07, 6.45) is 0. The summed E-state index contributed by atoms with van der Waals surface area (Å²) in [5, 5.41) is 16.8. The van der Waals surface area contributed by atoms with Crippen molar-refractivity contribution in [2.24, 2.45) is 0 Å². The Labute approximate surface area is 162 Å². The first-order valence-corrected chi connectivity index (χ1v) is 8.60. The third-order valence-corrected chi connectivity index (χ3v) is 4.11. The molecule has 0 aliphatic heterocycles. The molecule has 0 unspecified atom stereocenters. The number of carbonyl (C=O) groups is 1. The summed E-state index contributed by atoms with van der Waals surface area (Å²) in [5.74, 6) is 1.46. The quantitative estimate of drug-likeness (QED) is 0.591.